The smallest absolute Gasteiger partial charge is 0.261 e. The lowest BCUT2D eigenvalue weighted by Gasteiger charge is -2.13. The van der Waals surface area contributed by atoms with Crippen LogP contribution in [0.25, 0.3) is 0 Å². The molecule has 36 heavy (non-hydrogen) atoms. The molecule has 0 radical (unpaired) electrons. The maximum absolute atomic E-state index is 12.8. The summed E-state index contributed by atoms with van der Waals surface area (Å²) in [5.74, 6) is 0.605. The van der Waals surface area contributed by atoms with Crippen LogP contribution >= 0.6 is 12.2 Å². The lowest BCUT2D eigenvalue weighted by atomic mass is 10.2. The summed E-state index contributed by atoms with van der Waals surface area (Å²) in [5, 5.41) is 8.56. The Morgan fingerprint density at radius 2 is 1.50 bits per heavy atom. The first-order chi connectivity index (χ1) is 17.6. The number of nitrogens with one attached hydrogen (secondary N) is 3. The van der Waals surface area contributed by atoms with E-state index in [-0.39, 0.29) is 17.6 Å². The molecule has 0 aliphatic heterocycles. The number of carbonyl (C=O) groups excluding carboxylic acids is 2. The number of para-hydroxylation sites is 2. The van der Waals surface area contributed by atoms with Gasteiger partial charge in [0.05, 0.1) is 5.56 Å². The van der Waals surface area contributed by atoms with Crippen LogP contribution in [0.15, 0.2) is 78.9 Å². The second-order valence-corrected chi connectivity index (χ2v) is 8.00. The van der Waals surface area contributed by atoms with Gasteiger partial charge in [0.2, 0.25) is 0 Å². The molecule has 2 amide bonds. The number of ether oxygens (including phenoxy) is 3. The summed E-state index contributed by atoms with van der Waals surface area (Å²) in [6.45, 7) is 1.73. The number of thiocarbonyl (C=S) groups is 1. The van der Waals surface area contributed by atoms with Gasteiger partial charge in [-0.05, 0) is 67.2 Å². The molecule has 0 heterocycles. The molecule has 0 fully saturated rings. The van der Waals surface area contributed by atoms with Crippen molar-refractivity contribution in [2.24, 2.45) is 0 Å². The number of carbonyl (C=O) groups is 2. The summed E-state index contributed by atoms with van der Waals surface area (Å²) < 4.78 is 16.4. The van der Waals surface area contributed by atoms with E-state index < -0.39 is 5.91 Å². The molecule has 0 atom stereocenters. The third-order valence-electron chi connectivity index (χ3n) is 4.93. The summed E-state index contributed by atoms with van der Waals surface area (Å²) in [7, 11) is 1.62. The van der Waals surface area contributed by atoms with Gasteiger partial charge in [-0.15, -0.1) is 0 Å². The molecule has 0 saturated heterocycles. The zero-order chi connectivity index (χ0) is 25.6. The van der Waals surface area contributed by atoms with Crippen LogP contribution in [0.5, 0.6) is 11.5 Å². The predicted octanol–water partition coefficient (Wildman–Crippen LogP) is 4.04. The highest BCUT2D eigenvalue weighted by molar-refractivity contribution is 7.80. The normalized spacial score (nSPS) is 10.2. The Morgan fingerprint density at radius 3 is 2.25 bits per heavy atom. The standard InChI is InChI=1S/C27H29N3O5S/c1-33-17-7-16-28-25(31)20-12-14-21(15-13-20)29-27(36)30-26(32)23-10-5-6-11-24(23)35-19-18-34-22-8-3-2-4-9-22/h2-6,8-15H,7,16-19H2,1H3,(H,28,31)(H2,29,30,32,36). The minimum absolute atomic E-state index is 0.124. The van der Waals surface area contributed by atoms with Crippen molar-refractivity contribution in [2.45, 2.75) is 6.42 Å². The lowest BCUT2D eigenvalue weighted by Crippen LogP contribution is -2.34. The topological polar surface area (TPSA) is 97.9 Å². The summed E-state index contributed by atoms with van der Waals surface area (Å²) >= 11 is 5.29. The Hall–Kier alpha value is -3.95. The van der Waals surface area contributed by atoms with E-state index in [1.165, 1.54) is 0 Å². The Morgan fingerprint density at radius 1 is 0.806 bits per heavy atom. The van der Waals surface area contributed by atoms with Crippen LogP contribution in [0.2, 0.25) is 0 Å². The molecule has 9 heteroatoms. The van der Waals surface area contributed by atoms with E-state index in [0.29, 0.717) is 42.3 Å². The summed E-state index contributed by atoms with van der Waals surface area (Å²) in [6, 6.07) is 23.1. The first kappa shape index (κ1) is 26.7. The third kappa shape index (κ3) is 8.68. The van der Waals surface area contributed by atoms with Gasteiger partial charge in [-0.25, -0.2) is 0 Å². The molecule has 0 aliphatic carbocycles. The highest BCUT2D eigenvalue weighted by Crippen LogP contribution is 2.18. The molecule has 188 valence electrons. The van der Waals surface area contributed by atoms with E-state index >= 15 is 0 Å². The number of anilines is 1. The zero-order valence-electron chi connectivity index (χ0n) is 20.0. The van der Waals surface area contributed by atoms with Gasteiger partial charge in [-0.2, -0.15) is 0 Å². The largest absolute Gasteiger partial charge is 0.490 e. The molecular weight excluding hydrogens is 478 g/mol. The van der Waals surface area contributed by atoms with E-state index in [0.717, 1.165) is 12.2 Å². The van der Waals surface area contributed by atoms with E-state index in [1.807, 2.05) is 30.3 Å². The summed E-state index contributed by atoms with van der Waals surface area (Å²) in [4.78, 5) is 25.0. The van der Waals surface area contributed by atoms with Gasteiger partial charge in [0.1, 0.15) is 24.7 Å². The Balaban J connectivity index is 1.47. The average Bonchev–Trinajstić information content (AvgIpc) is 2.90. The van der Waals surface area contributed by atoms with Crippen molar-refractivity contribution in [1.29, 1.82) is 0 Å². The van der Waals surface area contributed by atoms with Crippen molar-refractivity contribution in [3.8, 4) is 11.5 Å². The van der Waals surface area contributed by atoms with Gasteiger partial charge < -0.3 is 24.8 Å². The molecule has 0 aliphatic rings. The fourth-order valence-corrected chi connectivity index (χ4v) is 3.38. The van der Waals surface area contributed by atoms with Crippen molar-refractivity contribution >= 4 is 34.8 Å². The van der Waals surface area contributed by atoms with Gasteiger partial charge in [-0.3, -0.25) is 14.9 Å². The molecular formula is C27H29N3O5S. The first-order valence-corrected chi connectivity index (χ1v) is 11.9. The van der Waals surface area contributed by atoms with E-state index in [9.17, 15) is 9.59 Å². The van der Waals surface area contributed by atoms with Crippen LogP contribution < -0.4 is 25.4 Å². The van der Waals surface area contributed by atoms with Gasteiger partial charge in [0.15, 0.2) is 5.11 Å². The number of hydrogen-bond acceptors (Lipinski definition) is 6. The predicted molar refractivity (Wildman–Crippen MR) is 143 cm³/mol. The van der Waals surface area contributed by atoms with Crippen LogP contribution in [0.1, 0.15) is 27.1 Å². The molecule has 3 aromatic carbocycles. The first-order valence-electron chi connectivity index (χ1n) is 11.5. The fraction of sp³-hybridized carbons (Fsp3) is 0.222. The zero-order valence-corrected chi connectivity index (χ0v) is 20.8. The van der Waals surface area contributed by atoms with Crippen molar-refractivity contribution in [3.05, 3.63) is 90.0 Å². The number of amides is 2. The molecule has 3 rings (SSSR count). The second-order valence-electron chi connectivity index (χ2n) is 7.59. The third-order valence-corrected chi connectivity index (χ3v) is 5.13. The Labute approximate surface area is 216 Å². The Kier molecular flexibility index (Phi) is 10.7. The van der Waals surface area contributed by atoms with E-state index in [2.05, 4.69) is 16.0 Å². The van der Waals surface area contributed by atoms with Crippen molar-refractivity contribution in [2.75, 3.05) is 38.8 Å². The van der Waals surface area contributed by atoms with Gasteiger partial charge in [0, 0.05) is 31.5 Å². The summed E-state index contributed by atoms with van der Waals surface area (Å²) in [6.07, 6.45) is 0.742. The molecule has 0 unspecified atom stereocenters. The molecule has 0 spiro atoms. The van der Waals surface area contributed by atoms with Crippen molar-refractivity contribution in [3.63, 3.8) is 0 Å². The Bertz CT molecular complexity index is 1140. The molecule has 8 nitrogen and oxygen atoms in total. The second kappa shape index (κ2) is 14.4. The molecule has 0 bridgehead atoms. The highest BCUT2D eigenvalue weighted by atomic mass is 32.1. The highest BCUT2D eigenvalue weighted by Gasteiger charge is 2.14. The van der Waals surface area contributed by atoms with Gasteiger partial charge in [-0.1, -0.05) is 30.3 Å². The molecule has 3 N–H and O–H groups in total. The number of methoxy groups -OCH3 is 1. The van der Waals surface area contributed by atoms with Crippen LogP contribution in [-0.4, -0.2) is 50.4 Å². The van der Waals surface area contributed by atoms with Crippen LogP contribution in [0, 0.1) is 0 Å². The molecule has 0 saturated carbocycles. The number of rotatable bonds is 12. The van der Waals surface area contributed by atoms with Crippen LogP contribution in [0.4, 0.5) is 5.69 Å². The van der Waals surface area contributed by atoms with E-state index in [4.69, 9.17) is 26.4 Å². The monoisotopic (exact) mass is 507 g/mol. The summed E-state index contributed by atoms with van der Waals surface area (Å²) in [5.41, 5.74) is 1.51. The van der Waals surface area contributed by atoms with E-state index in [1.54, 1.807) is 55.6 Å². The molecule has 0 aromatic heterocycles. The van der Waals surface area contributed by atoms with Gasteiger partial charge in [0.25, 0.3) is 11.8 Å². The van der Waals surface area contributed by atoms with Crippen molar-refractivity contribution in [1.82, 2.24) is 10.6 Å². The minimum Gasteiger partial charge on any atom is -0.490 e. The van der Waals surface area contributed by atoms with Gasteiger partial charge >= 0.3 is 0 Å². The maximum atomic E-state index is 12.8. The maximum Gasteiger partial charge on any atom is 0.261 e. The van der Waals surface area contributed by atoms with Crippen LogP contribution in [-0.2, 0) is 4.74 Å². The number of hydrogen-bond donors (Lipinski definition) is 3. The number of benzene rings is 3. The van der Waals surface area contributed by atoms with Crippen molar-refractivity contribution < 1.29 is 23.8 Å². The quantitative estimate of drug-likeness (QED) is 0.251. The lowest BCUT2D eigenvalue weighted by molar-refractivity contribution is 0.0946. The average molecular weight is 508 g/mol. The fourth-order valence-electron chi connectivity index (χ4n) is 3.17. The SMILES string of the molecule is COCCCNC(=O)c1ccc(NC(=S)NC(=O)c2ccccc2OCCOc2ccccc2)cc1. The van der Waals surface area contributed by atoms with Crippen LogP contribution in [0.3, 0.4) is 0 Å². The molecule has 3 aromatic rings. The minimum atomic E-state index is -0.404.